The smallest absolute Gasteiger partial charge is 0.0992 e. The first-order valence-corrected chi connectivity index (χ1v) is 6.24. The van der Waals surface area contributed by atoms with Gasteiger partial charge in [-0.15, -0.1) is 0 Å². The molecule has 0 unspecified atom stereocenters. The molecule has 1 heterocycles. The Morgan fingerprint density at radius 1 is 1.50 bits per heavy atom. The van der Waals surface area contributed by atoms with Crippen molar-refractivity contribution in [1.29, 1.82) is 5.26 Å². The summed E-state index contributed by atoms with van der Waals surface area (Å²) in [6.07, 6.45) is 3.17. The lowest BCUT2D eigenvalue weighted by atomic mass is 10.1. The molecule has 0 spiro atoms. The van der Waals surface area contributed by atoms with Crippen LogP contribution >= 0.6 is 11.6 Å². The third-order valence-corrected chi connectivity index (χ3v) is 3.35. The van der Waals surface area contributed by atoms with E-state index in [-0.39, 0.29) is 0 Å². The molecular weight excluding hydrogens is 248 g/mol. The number of halogens is 1. The van der Waals surface area contributed by atoms with Crippen molar-refractivity contribution in [1.82, 2.24) is 0 Å². The standard InChI is InChI=1S/C14H15ClN2O/c1-18-10-11-4-6-17(7-5-11)14-3-2-12(9-16)8-13(14)15/h2-4,8H,5-7,10H2,1H3. The van der Waals surface area contributed by atoms with Crippen LogP contribution in [0.4, 0.5) is 5.69 Å². The van der Waals surface area contributed by atoms with Crippen molar-refractivity contribution in [3.8, 4) is 6.07 Å². The van der Waals surface area contributed by atoms with Gasteiger partial charge in [-0.3, -0.25) is 0 Å². The van der Waals surface area contributed by atoms with Crippen molar-refractivity contribution in [2.24, 2.45) is 0 Å². The second kappa shape index (κ2) is 5.90. The van der Waals surface area contributed by atoms with Gasteiger partial charge in [0.25, 0.3) is 0 Å². The molecule has 0 fully saturated rings. The minimum atomic E-state index is 0.594. The fourth-order valence-corrected chi connectivity index (χ4v) is 2.38. The molecule has 3 nitrogen and oxygen atoms in total. The van der Waals surface area contributed by atoms with Gasteiger partial charge in [0.05, 0.1) is 28.9 Å². The molecule has 2 rings (SSSR count). The molecule has 0 amide bonds. The SMILES string of the molecule is COCC1=CCN(c2ccc(C#N)cc2Cl)CC1. The number of nitriles is 1. The molecule has 1 aromatic carbocycles. The lowest BCUT2D eigenvalue weighted by Crippen LogP contribution is -2.29. The van der Waals surface area contributed by atoms with E-state index in [2.05, 4.69) is 17.0 Å². The van der Waals surface area contributed by atoms with Crippen LogP contribution in [0, 0.1) is 11.3 Å². The van der Waals surface area contributed by atoms with Gasteiger partial charge in [-0.05, 0) is 30.2 Å². The predicted molar refractivity (Wildman–Crippen MR) is 73.0 cm³/mol. The molecule has 4 heteroatoms. The van der Waals surface area contributed by atoms with Gasteiger partial charge in [-0.2, -0.15) is 5.26 Å². The van der Waals surface area contributed by atoms with Crippen LogP contribution < -0.4 is 4.90 Å². The third kappa shape index (κ3) is 2.84. The number of benzene rings is 1. The maximum absolute atomic E-state index is 8.81. The van der Waals surface area contributed by atoms with Crippen LogP contribution in [0.25, 0.3) is 0 Å². The Labute approximate surface area is 112 Å². The van der Waals surface area contributed by atoms with Crippen LogP contribution in [0.15, 0.2) is 29.8 Å². The van der Waals surface area contributed by atoms with Crippen molar-refractivity contribution in [2.45, 2.75) is 6.42 Å². The number of hydrogen-bond donors (Lipinski definition) is 0. The molecular formula is C14H15ClN2O. The van der Waals surface area contributed by atoms with Crippen LogP contribution in [0.1, 0.15) is 12.0 Å². The first-order chi connectivity index (χ1) is 8.74. The van der Waals surface area contributed by atoms with Gasteiger partial charge in [0.15, 0.2) is 0 Å². The second-order valence-corrected chi connectivity index (χ2v) is 4.68. The minimum absolute atomic E-state index is 0.594. The number of hydrogen-bond acceptors (Lipinski definition) is 3. The minimum Gasteiger partial charge on any atom is -0.380 e. The molecule has 18 heavy (non-hydrogen) atoms. The summed E-state index contributed by atoms with van der Waals surface area (Å²) < 4.78 is 5.13. The van der Waals surface area contributed by atoms with E-state index in [1.165, 1.54) is 5.57 Å². The average Bonchev–Trinajstić information content (AvgIpc) is 2.40. The van der Waals surface area contributed by atoms with E-state index in [4.69, 9.17) is 21.6 Å². The maximum Gasteiger partial charge on any atom is 0.0992 e. The normalized spacial score (nSPS) is 15.2. The number of rotatable bonds is 3. The number of anilines is 1. The molecule has 0 saturated heterocycles. The molecule has 0 aliphatic carbocycles. The lowest BCUT2D eigenvalue weighted by molar-refractivity contribution is 0.222. The average molecular weight is 263 g/mol. The van der Waals surface area contributed by atoms with E-state index in [0.29, 0.717) is 17.2 Å². The van der Waals surface area contributed by atoms with Crippen LogP contribution in [-0.4, -0.2) is 26.8 Å². The molecule has 0 radical (unpaired) electrons. The van der Waals surface area contributed by atoms with Crippen LogP contribution in [-0.2, 0) is 4.74 Å². The molecule has 1 aliphatic rings. The lowest BCUT2D eigenvalue weighted by Gasteiger charge is -2.29. The highest BCUT2D eigenvalue weighted by molar-refractivity contribution is 6.33. The quantitative estimate of drug-likeness (QED) is 0.786. The largest absolute Gasteiger partial charge is 0.380 e. The Morgan fingerprint density at radius 2 is 2.33 bits per heavy atom. The Kier molecular flexibility index (Phi) is 4.24. The van der Waals surface area contributed by atoms with Crippen LogP contribution in [0.2, 0.25) is 5.02 Å². The summed E-state index contributed by atoms with van der Waals surface area (Å²) in [6.45, 7) is 2.47. The molecule has 1 aliphatic heterocycles. The Bertz CT molecular complexity index is 505. The molecule has 0 aromatic heterocycles. The highest BCUT2D eigenvalue weighted by Crippen LogP contribution is 2.28. The van der Waals surface area contributed by atoms with Crippen molar-refractivity contribution < 1.29 is 4.74 Å². The Balaban J connectivity index is 2.13. The van der Waals surface area contributed by atoms with E-state index in [9.17, 15) is 0 Å². The number of nitrogens with zero attached hydrogens (tertiary/aromatic N) is 2. The fraction of sp³-hybridized carbons (Fsp3) is 0.357. The van der Waals surface area contributed by atoms with E-state index in [1.54, 1.807) is 19.2 Å². The van der Waals surface area contributed by atoms with Crippen molar-refractivity contribution in [3.63, 3.8) is 0 Å². The molecule has 0 saturated carbocycles. The summed E-state index contributed by atoms with van der Waals surface area (Å²) in [5.74, 6) is 0. The maximum atomic E-state index is 8.81. The molecule has 94 valence electrons. The van der Waals surface area contributed by atoms with Crippen molar-refractivity contribution in [3.05, 3.63) is 40.4 Å². The third-order valence-electron chi connectivity index (χ3n) is 3.05. The zero-order valence-electron chi connectivity index (χ0n) is 10.3. The Hall–Kier alpha value is -1.50. The summed E-state index contributed by atoms with van der Waals surface area (Å²) in [5.41, 5.74) is 2.92. The first kappa shape index (κ1) is 12.9. The predicted octanol–water partition coefficient (Wildman–Crippen LogP) is 2.99. The number of methoxy groups -OCH3 is 1. The summed E-state index contributed by atoms with van der Waals surface area (Å²) >= 11 is 6.20. The summed E-state index contributed by atoms with van der Waals surface area (Å²) in [4.78, 5) is 2.21. The first-order valence-electron chi connectivity index (χ1n) is 5.86. The monoisotopic (exact) mass is 262 g/mol. The summed E-state index contributed by atoms with van der Waals surface area (Å²) in [5, 5.41) is 9.45. The fourth-order valence-electron chi connectivity index (χ4n) is 2.08. The highest BCUT2D eigenvalue weighted by Gasteiger charge is 2.14. The van der Waals surface area contributed by atoms with E-state index in [1.807, 2.05) is 6.07 Å². The van der Waals surface area contributed by atoms with E-state index in [0.717, 1.165) is 25.2 Å². The van der Waals surface area contributed by atoms with E-state index >= 15 is 0 Å². The van der Waals surface area contributed by atoms with Gasteiger partial charge >= 0.3 is 0 Å². The van der Waals surface area contributed by atoms with Gasteiger partial charge in [-0.25, -0.2) is 0 Å². The summed E-state index contributed by atoms with van der Waals surface area (Å²) in [7, 11) is 1.71. The van der Waals surface area contributed by atoms with Gasteiger partial charge in [0.2, 0.25) is 0 Å². The molecule has 0 N–H and O–H groups in total. The molecule has 0 bridgehead atoms. The molecule has 0 atom stereocenters. The zero-order valence-corrected chi connectivity index (χ0v) is 11.1. The Morgan fingerprint density at radius 3 is 2.89 bits per heavy atom. The van der Waals surface area contributed by atoms with Crippen LogP contribution in [0.3, 0.4) is 0 Å². The van der Waals surface area contributed by atoms with Gasteiger partial charge in [0, 0.05) is 20.2 Å². The zero-order chi connectivity index (χ0) is 13.0. The van der Waals surface area contributed by atoms with Crippen molar-refractivity contribution in [2.75, 3.05) is 31.7 Å². The van der Waals surface area contributed by atoms with Gasteiger partial charge in [0.1, 0.15) is 0 Å². The number of ether oxygens (including phenoxy) is 1. The topological polar surface area (TPSA) is 36.3 Å². The van der Waals surface area contributed by atoms with E-state index < -0.39 is 0 Å². The van der Waals surface area contributed by atoms with Crippen LogP contribution in [0.5, 0.6) is 0 Å². The molecule has 1 aromatic rings. The highest BCUT2D eigenvalue weighted by atomic mass is 35.5. The van der Waals surface area contributed by atoms with Gasteiger partial charge < -0.3 is 9.64 Å². The summed E-state index contributed by atoms with van der Waals surface area (Å²) in [6, 6.07) is 7.52. The van der Waals surface area contributed by atoms with Crippen molar-refractivity contribution >= 4 is 17.3 Å². The van der Waals surface area contributed by atoms with Gasteiger partial charge in [-0.1, -0.05) is 17.7 Å². The second-order valence-electron chi connectivity index (χ2n) is 4.27.